The van der Waals surface area contributed by atoms with E-state index in [1.54, 1.807) is 15.5 Å². The number of rotatable bonds is 5. The molecule has 1 aromatic carbocycles. The molecule has 4 heterocycles. The third-order valence-electron chi connectivity index (χ3n) is 6.43. The maximum Gasteiger partial charge on any atom is 0.256 e. The number of piperidine rings is 1. The minimum atomic E-state index is -3.58. The van der Waals surface area contributed by atoms with Crippen molar-refractivity contribution in [1.82, 2.24) is 19.5 Å². The Morgan fingerprint density at radius 3 is 2.74 bits per heavy atom. The van der Waals surface area contributed by atoms with Crippen molar-refractivity contribution < 1.29 is 18.3 Å². The number of benzene rings is 1. The van der Waals surface area contributed by atoms with Gasteiger partial charge < -0.3 is 14.9 Å². The number of carbonyl (C=O) groups excluding carboxylic acids is 1. The largest absolute Gasteiger partial charge is 0.391 e. The van der Waals surface area contributed by atoms with E-state index in [0.29, 0.717) is 23.8 Å². The van der Waals surface area contributed by atoms with Crippen LogP contribution in [0, 0.1) is 0 Å². The summed E-state index contributed by atoms with van der Waals surface area (Å²) in [5.41, 5.74) is 1.79. The molecule has 10 nitrogen and oxygen atoms in total. The van der Waals surface area contributed by atoms with Crippen LogP contribution in [0.15, 0.2) is 36.5 Å². The highest BCUT2D eigenvalue weighted by molar-refractivity contribution is 7.92. The number of nitrogens with one attached hydrogen (secondary N) is 1. The van der Waals surface area contributed by atoms with Gasteiger partial charge in [0.05, 0.1) is 35.3 Å². The molecule has 2 saturated heterocycles. The number of aromatic nitrogens is 3. The summed E-state index contributed by atoms with van der Waals surface area (Å²) in [6.45, 7) is 1.82. The smallest absolute Gasteiger partial charge is 0.256 e. The van der Waals surface area contributed by atoms with E-state index < -0.39 is 10.0 Å². The molecular weight excluding hydrogens is 492 g/mol. The zero-order valence-electron chi connectivity index (χ0n) is 19.3. The Labute approximate surface area is 208 Å². The fourth-order valence-corrected chi connectivity index (χ4v) is 5.55. The van der Waals surface area contributed by atoms with Crippen LogP contribution < -0.4 is 9.62 Å². The van der Waals surface area contributed by atoms with Gasteiger partial charge in [-0.1, -0.05) is 11.6 Å². The highest BCUT2D eigenvalue weighted by Gasteiger charge is 2.32. The Kier molecular flexibility index (Phi) is 6.32. The third-order valence-corrected chi connectivity index (χ3v) is 7.25. The van der Waals surface area contributed by atoms with Crippen molar-refractivity contribution >= 4 is 44.7 Å². The molecule has 2 atom stereocenters. The van der Waals surface area contributed by atoms with Crippen LogP contribution in [0.2, 0.25) is 5.02 Å². The summed E-state index contributed by atoms with van der Waals surface area (Å²) in [7, 11) is -3.58. The molecule has 0 radical (unpaired) electrons. The molecule has 0 saturated carbocycles. The SMILES string of the molecule is CS(=O)(=O)Nc1ccc(Cl)cc1C(=O)N1CCCC[C@H]1c1cc2nc(N3CC[C@H](O)C3)ccn2n1. The van der Waals surface area contributed by atoms with Gasteiger partial charge in [0, 0.05) is 36.9 Å². The highest BCUT2D eigenvalue weighted by Crippen LogP contribution is 2.34. The molecule has 1 amide bonds. The summed E-state index contributed by atoms with van der Waals surface area (Å²) < 4.78 is 27.8. The number of hydrogen-bond donors (Lipinski definition) is 2. The van der Waals surface area contributed by atoms with Crippen LogP contribution in [0.1, 0.15) is 47.8 Å². The number of fused-ring (bicyclic) bond motifs is 1. The maximum absolute atomic E-state index is 13.7. The lowest BCUT2D eigenvalue weighted by Crippen LogP contribution is -2.39. The monoisotopic (exact) mass is 518 g/mol. The number of hydrogen-bond acceptors (Lipinski definition) is 7. The fourth-order valence-electron chi connectivity index (χ4n) is 4.80. The van der Waals surface area contributed by atoms with Crippen LogP contribution in [0.5, 0.6) is 0 Å². The van der Waals surface area contributed by atoms with E-state index in [1.165, 1.54) is 12.1 Å². The third kappa shape index (κ3) is 5.07. The molecule has 3 aromatic rings. The summed E-state index contributed by atoms with van der Waals surface area (Å²) in [5.74, 6) is 0.479. The molecule has 186 valence electrons. The van der Waals surface area contributed by atoms with Gasteiger partial charge in [-0.15, -0.1) is 0 Å². The van der Waals surface area contributed by atoms with Crippen LogP contribution in [-0.2, 0) is 10.0 Å². The molecule has 0 aliphatic carbocycles. The predicted molar refractivity (Wildman–Crippen MR) is 133 cm³/mol. The molecular formula is C23H27ClN6O4S. The Bertz CT molecular complexity index is 1380. The van der Waals surface area contributed by atoms with Gasteiger partial charge in [-0.25, -0.2) is 17.9 Å². The number of aliphatic hydroxyl groups is 1. The van der Waals surface area contributed by atoms with Crippen LogP contribution in [0.25, 0.3) is 5.65 Å². The Balaban J connectivity index is 1.46. The minimum absolute atomic E-state index is 0.195. The average molecular weight is 519 g/mol. The van der Waals surface area contributed by atoms with Crippen molar-refractivity contribution in [3.63, 3.8) is 0 Å². The summed E-state index contributed by atoms with van der Waals surface area (Å²) in [5, 5.41) is 14.9. The Morgan fingerprint density at radius 1 is 1.17 bits per heavy atom. The molecule has 2 fully saturated rings. The summed E-state index contributed by atoms with van der Waals surface area (Å²) in [4.78, 5) is 22.2. The lowest BCUT2D eigenvalue weighted by Gasteiger charge is -2.35. The van der Waals surface area contributed by atoms with E-state index in [4.69, 9.17) is 21.7 Å². The van der Waals surface area contributed by atoms with Crippen LogP contribution >= 0.6 is 11.6 Å². The molecule has 12 heteroatoms. The van der Waals surface area contributed by atoms with Crippen molar-refractivity contribution in [2.45, 2.75) is 37.8 Å². The first kappa shape index (κ1) is 23.8. The second-order valence-electron chi connectivity index (χ2n) is 9.12. The topological polar surface area (TPSA) is 120 Å². The summed E-state index contributed by atoms with van der Waals surface area (Å²) in [6.07, 6.45) is 5.77. The molecule has 35 heavy (non-hydrogen) atoms. The van der Waals surface area contributed by atoms with Gasteiger partial charge in [0.2, 0.25) is 10.0 Å². The van der Waals surface area contributed by atoms with Crippen molar-refractivity contribution in [2.24, 2.45) is 0 Å². The normalized spacial score (nSPS) is 21.0. The van der Waals surface area contributed by atoms with Gasteiger partial charge in [-0.3, -0.25) is 9.52 Å². The Morgan fingerprint density at radius 2 is 2.00 bits per heavy atom. The van der Waals surface area contributed by atoms with Gasteiger partial charge in [0.25, 0.3) is 5.91 Å². The zero-order valence-corrected chi connectivity index (χ0v) is 20.8. The Hall–Kier alpha value is -2.89. The number of anilines is 2. The van der Waals surface area contributed by atoms with Gasteiger partial charge in [-0.05, 0) is 49.9 Å². The highest BCUT2D eigenvalue weighted by atomic mass is 35.5. The fraction of sp³-hybridized carbons (Fsp3) is 0.435. The van der Waals surface area contributed by atoms with Crippen LogP contribution in [-0.4, -0.2) is 70.9 Å². The minimum Gasteiger partial charge on any atom is -0.391 e. The number of amides is 1. The first-order chi connectivity index (χ1) is 16.7. The molecule has 2 aliphatic rings. The average Bonchev–Trinajstić information content (AvgIpc) is 3.44. The predicted octanol–water partition coefficient (Wildman–Crippen LogP) is 2.69. The number of carbonyl (C=O) groups is 1. The lowest BCUT2D eigenvalue weighted by atomic mass is 9.98. The zero-order chi connectivity index (χ0) is 24.7. The summed E-state index contributed by atoms with van der Waals surface area (Å²) >= 11 is 6.16. The second kappa shape index (κ2) is 9.29. The number of likely N-dealkylation sites (tertiary alicyclic amines) is 1. The van der Waals surface area contributed by atoms with E-state index in [2.05, 4.69) is 4.72 Å². The first-order valence-corrected chi connectivity index (χ1v) is 13.8. The molecule has 2 N–H and O–H groups in total. The summed E-state index contributed by atoms with van der Waals surface area (Å²) in [6, 6.07) is 8.03. The molecule has 2 aliphatic heterocycles. The number of aliphatic hydroxyl groups excluding tert-OH is 1. The maximum atomic E-state index is 13.7. The van der Waals surface area contributed by atoms with E-state index in [1.807, 2.05) is 23.2 Å². The lowest BCUT2D eigenvalue weighted by molar-refractivity contribution is 0.0607. The molecule has 0 bridgehead atoms. The van der Waals surface area contributed by atoms with Crippen molar-refractivity contribution in [1.29, 1.82) is 0 Å². The van der Waals surface area contributed by atoms with E-state index in [0.717, 1.165) is 50.0 Å². The molecule has 5 rings (SSSR count). The molecule has 0 spiro atoms. The number of β-amino-alcohol motifs (C(OH)–C–C–N with tert-alkyl or cyclic N) is 1. The van der Waals surface area contributed by atoms with Gasteiger partial charge in [0.15, 0.2) is 5.65 Å². The first-order valence-electron chi connectivity index (χ1n) is 11.6. The van der Waals surface area contributed by atoms with E-state index in [9.17, 15) is 18.3 Å². The van der Waals surface area contributed by atoms with E-state index in [-0.39, 0.29) is 29.3 Å². The van der Waals surface area contributed by atoms with Crippen molar-refractivity contribution in [3.8, 4) is 0 Å². The van der Waals surface area contributed by atoms with Crippen LogP contribution in [0.4, 0.5) is 11.5 Å². The number of sulfonamides is 1. The standard InChI is InChI=1S/C23H27ClN6O4S/c1-35(33,34)27-18-6-5-15(24)12-17(18)23(32)29-9-3-2-4-20(29)19-13-22-25-21(8-11-30(22)26-19)28-10-7-16(31)14-28/h5-6,8,11-13,16,20,27,31H,2-4,7,9-10,14H2,1H3/t16-,20-/m0/s1. The van der Waals surface area contributed by atoms with Gasteiger partial charge in [-0.2, -0.15) is 5.10 Å². The van der Waals surface area contributed by atoms with Gasteiger partial charge in [0.1, 0.15) is 5.82 Å². The van der Waals surface area contributed by atoms with E-state index >= 15 is 0 Å². The number of halogens is 1. The van der Waals surface area contributed by atoms with Crippen LogP contribution in [0.3, 0.4) is 0 Å². The quantitative estimate of drug-likeness (QED) is 0.532. The van der Waals surface area contributed by atoms with Crippen molar-refractivity contribution in [2.75, 3.05) is 35.5 Å². The van der Waals surface area contributed by atoms with Gasteiger partial charge >= 0.3 is 0 Å². The molecule has 2 aromatic heterocycles. The second-order valence-corrected chi connectivity index (χ2v) is 11.3. The van der Waals surface area contributed by atoms with Crippen molar-refractivity contribution in [3.05, 3.63) is 52.8 Å². The molecule has 0 unspecified atom stereocenters. The number of nitrogens with zero attached hydrogens (tertiary/aromatic N) is 5.